The van der Waals surface area contributed by atoms with Crippen molar-refractivity contribution in [3.63, 3.8) is 0 Å². The van der Waals surface area contributed by atoms with Crippen molar-refractivity contribution in [1.29, 1.82) is 0 Å². The molecule has 0 heterocycles. The zero-order valence-electron chi connectivity index (χ0n) is 15.1. The van der Waals surface area contributed by atoms with Gasteiger partial charge in [0.25, 0.3) is 0 Å². The molecule has 0 saturated heterocycles. The molecule has 0 radical (unpaired) electrons. The Bertz CT molecular complexity index is 787. The highest BCUT2D eigenvalue weighted by molar-refractivity contribution is 6.39. The molecule has 0 aliphatic heterocycles. The average molecular weight is 352 g/mol. The van der Waals surface area contributed by atoms with Crippen molar-refractivity contribution in [2.45, 2.75) is 38.2 Å². The van der Waals surface area contributed by atoms with E-state index in [2.05, 4.69) is 24.5 Å². The summed E-state index contributed by atoms with van der Waals surface area (Å²) in [6.07, 6.45) is 0.948. The molecule has 26 heavy (non-hydrogen) atoms. The highest BCUT2D eigenvalue weighted by Gasteiger charge is 2.35. The van der Waals surface area contributed by atoms with Crippen LogP contribution in [0.25, 0.3) is 0 Å². The summed E-state index contributed by atoms with van der Waals surface area (Å²) in [7, 11) is 0. The predicted molar refractivity (Wildman–Crippen MR) is 101 cm³/mol. The van der Waals surface area contributed by atoms with E-state index in [1.165, 1.54) is 0 Å². The molecule has 5 heteroatoms. The molecule has 0 saturated carbocycles. The molecule has 0 bridgehead atoms. The van der Waals surface area contributed by atoms with Gasteiger partial charge in [-0.25, -0.2) is 0 Å². The van der Waals surface area contributed by atoms with Crippen molar-refractivity contribution >= 4 is 17.5 Å². The smallest absolute Gasteiger partial charge is 0.313 e. The number of nitrogens with one attached hydrogen (secondary N) is 2. The van der Waals surface area contributed by atoms with Crippen molar-refractivity contribution < 1.29 is 14.7 Å². The quantitative estimate of drug-likeness (QED) is 0.740. The fourth-order valence-corrected chi connectivity index (χ4v) is 3.26. The van der Waals surface area contributed by atoms with Gasteiger partial charge >= 0.3 is 11.8 Å². The van der Waals surface area contributed by atoms with E-state index < -0.39 is 17.4 Å². The van der Waals surface area contributed by atoms with Crippen molar-refractivity contribution in [3.05, 3.63) is 65.2 Å². The number of fused-ring (bicyclic) bond motifs is 1. The van der Waals surface area contributed by atoms with Gasteiger partial charge in [-0.1, -0.05) is 50.2 Å². The van der Waals surface area contributed by atoms with Gasteiger partial charge in [-0.3, -0.25) is 9.59 Å². The Morgan fingerprint density at radius 3 is 2.12 bits per heavy atom. The Morgan fingerprint density at radius 1 is 1.00 bits per heavy atom. The number of amides is 2. The second-order valence-corrected chi connectivity index (χ2v) is 7.26. The number of benzene rings is 2. The maximum Gasteiger partial charge on any atom is 0.313 e. The third-order valence-electron chi connectivity index (χ3n) is 4.78. The zero-order valence-corrected chi connectivity index (χ0v) is 15.1. The first kappa shape index (κ1) is 18.1. The minimum absolute atomic E-state index is 0.0419. The third kappa shape index (κ3) is 4.11. The van der Waals surface area contributed by atoms with Crippen LogP contribution in [0.15, 0.2) is 48.5 Å². The second kappa shape index (κ2) is 7.30. The Kier molecular flexibility index (Phi) is 5.09. The number of hydrogen-bond acceptors (Lipinski definition) is 3. The van der Waals surface area contributed by atoms with Gasteiger partial charge in [0.05, 0.1) is 5.60 Å². The van der Waals surface area contributed by atoms with Gasteiger partial charge in [0.2, 0.25) is 0 Å². The monoisotopic (exact) mass is 352 g/mol. The molecule has 3 rings (SSSR count). The first-order valence-corrected chi connectivity index (χ1v) is 8.85. The van der Waals surface area contributed by atoms with Crippen molar-refractivity contribution in [2.75, 3.05) is 11.9 Å². The lowest BCUT2D eigenvalue weighted by Gasteiger charge is -2.22. The fourth-order valence-electron chi connectivity index (χ4n) is 3.26. The molecule has 0 fully saturated rings. The Hall–Kier alpha value is -2.66. The summed E-state index contributed by atoms with van der Waals surface area (Å²) in [4.78, 5) is 24.1. The van der Waals surface area contributed by atoms with Crippen LogP contribution in [0.4, 0.5) is 5.69 Å². The minimum atomic E-state index is -1.04. The van der Waals surface area contributed by atoms with E-state index >= 15 is 0 Å². The number of rotatable bonds is 4. The molecule has 5 nitrogen and oxygen atoms in total. The normalized spacial score (nSPS) is 14.8. The number of hydrogen-bond donors (Lipinski definition) is 3. The third-order valence-corrected chi connectivity index (χ3v) is 4.78. The summed E-state index contributed by atoms with van der Waals surface area (Å²) in [5, 5.41) is 15.8. The maximum atomic E-state index is 12.1. The predicted octanol–water partition coefficient (Wildman–Crippen LogP) is 2.39. The highest BCUT2D eigenvalue weighted by Crippen LogP contribution is 2.29. The van der Waals surface area contributed by atoms with Crippen LogP contribution >= 0.6 is 0 Å². The van der Waals surface area contributed by atoms with Crippen LogP contribution in [-0.2, 0) is 22.4 Å². The van der Waals surface area contributed by atoms with Gasteiger partial charge in [0, 0.05) is 25.1 Å². The molecule has 0 unspecified atom stereocenters. The first-order valence-electron chi connectivity index (χ1n) is 8.85. The lowest BCUT2D eigenvalue weighted by atomic mass is 10.0. The zero-order chi connectivity index (χ0) is 18.7. The number of carbonyl (C=O) groups excluding carboxylic acids is 2. The van der Waals surface area contributed by atoms with Crippen LogP contribution in [0.5, 0.6) is 0 Å². The molecule has 2 aromatic carbocycles. The van der Waals surface area contributed by atoms with E-state index in [-0.39, 0.29) is 6.54 Å². The summed E-state index contributed by atoms with van der Waals surface area (Å²) >= 11 is 0. The molecule has 0 atom stereocenters. The fraction of sp³-hybridized carbons (Fsp3) is 0.333. The Labute approximate surface area is 153 Å². The van der Waals surface area contributed by atoms with Crippen LogP contribution < -0.4 is 10.6 Å². The molecule has 2 aromatic rings. The summed E-state index contributed by atoms with van der Waals surface area (Å²) in [6, 6.07) is 15.2. The molecule has 3 N–H and O–H groups in total. The molecule has 136 valence electrons. The van der Waals surface area contributed by atoms with E-state index in [0.717, 1.165) is 16.7 Å². The lowest BCUT2D eigenvalue weighted by Crippen LogP contribution is -2.46. The molecule has 1 aliphatic rings. The summed E-state index contributed by atoms with van der Waals surface area (Å²) in [6.45, 7) is 4.22. The Balaban J connectivity index is 1.53. The maximum absolute atomic E-state index is 12.1. The van der Waals surface area contributed by atoms with Crippen LogP contribution in [0.3, 0.4) is 0 Å². The van der Waals surface area contributed by atoms with Gasteiger partial charge in [0.1, 0.15) is 0 Å². The van der Waals surface area contributed by atoms with Crippen molar-refractivity contribution in [1.82, 2.24) is 5.32 Å². The topological polar surface area (TPSA) is 78.4 Å². The van der Waals surface area contributed by atoms with Crippen molar-refractivity contribution in [3.8, 4) is 0 Å². The largest absolute Gasteiger partial charge is 0.387 e. The average Bonchev–Trinajstić information content (AvgIpc) is 2.96. The molecular formula is C21H24N2O3. The van der Waals surface area contributed by atoms with Crippen LogP contribution in [-0.4, -0.2) is 29.1 Å². The van der Waals surface area contributed by atoms with Gasteiger partial charge < -0.3 is 15.7 Å². The highest BCUT2D eigenvalue weighted by atomic mass is 16.3. The molecule has 1 aliphatic carbocycles. The second-order valence-electron chi connectivity index (χ2n) is 7.26. The number of aliphatic hydroxyl groups is 1. The molecule has 0 aromatic heterocycles. The van der Waals surface area contributed by atoms with Gasteiger partial charge in [0.15, 0.2) is 0 Å². The molecular weight excluding hydrogens is 328 g/mol. The van der Waals surface area contributed by atoms with Gasteiger partial charge in [-0.15, -0.1) is 0 Å². The van der Waals surface area contributed by atoms with E-state index in [1.807, 2.05) is 36.4 Å². The standard InChI is InChI=1S/C21H24N2O3/c1-14(2)15-7-9-18(10-8-15)23-20(25)19(24)22-13-21(26)11-16-5-3-4-6-17(16)12-21/h3-10,14,26H,11-13H2,1-2H3,(H,22,24)(H,23,25). The van der Waals surface area contributed by atoms with E-state index in [1.54, 1.807) is 12.1 Å². The SMILES string of the molecule is CC(C)c1ccc(NC(=O)C(=O)NCC2(O)Cc3ccccc3C2)cc1. The summed E-state index contributed by atoms with van der Waals surface area (Å²) in [5.74, 6) is -1.08. The lowest BCUT2D eigenvalue weighted by molar-refractivity contribution is -0.136. The van der Waals surface area contributed by atoms with Crippen molar-refractivity contribution in [2.24, 2.45) is 0 Å². The number of anilines is 1. The van der Waals surface area contributed by atoms with E-state index in [9.17, 15) is 14.7 Å². The van der Waals surface area contributed by atoms with E-state index in [4.69, 9.17) is 0 Å². The number of carbonyl (C=O) groups is 2. The van der Waals surface area contributed by atoms with Crippen LogP contribution in [0.2, 0.25) is 0 Å². The van der Waals surface area contributed by atoms with Gasteiger partial charge in [-0.05, 0) is 34.7 Å². The Morgan fingerprint density at radius 2 is 1.58 bits per heavy atom. The van der Waals surface area contributed by atoms with Gasteiger partial charge in [-0.2, -0.15) is 0 Å². The molecule has 0 spiro atoms. The van der Waals surface area contributed by atoms with Crippen LogP contribution in [0, 0.1) is 0 Å². The first-order chi connectivity index (χ1) is 12.4. The van der Waals surface area contributed by atoms with Crippen LogP contribution in [0.1, 0.15) is 36.5 Å². The summed E-state index contributed by atoms with van der Waals surface area (Å²) in [5.41, 5.74) is 2.85. The van der Waals surface area contributed by atoms with E-state index in [0.29, 0.717) is 24.4 Å². The minimum Gasteiger partial charge on any atom is -0.387 e. The molecule has 2 amide bonds. The summed E-state index contributed by atoms with van der Waals surface area (Å²) < 4.78 is 0.